The third-order valence-corrected chi connectivity index (χ3v) is 3.27. The number of aliphatic imine (C=N–C) groups is 1. The minimum atomic E-state index is -0.729. The number of aromatic hydroxyl groups is 2. The summed E-state index contributed by atoms with van der Waals surface area (Å²) in [7, 11) is 0. The van der Waals surface area contributed by atoms with Crippen molar-refractivity contribution in [2.24, 2.45) is 4.99 Å². The van der Waals surface area contributed by atoms with Gasteiger partial charge in [-0.2, -0.15) is 0 Å². The molecule has 0 saturated heterocycles. The van der Waals surface area contributed by atoms with E-state index in [9.17, 15) is 20.3 Å². The van der Waals surface area contributed by atoms with E-state index in [0.29, 0.717) is 11.3 Å². The fraction of sp³-hybridized carbons (Fsp3) is 0.133. The molecule has 0 radical (unpaired) electrons. The molecular weight excluding hydrogens is 308 g/mol. The lowest BCUT2D eigenvalue weighted by Crippen LogP contribution is -1.92. The first-order valence-electron chi connectivity index (χ1n) is 6.30. The van der Waals surface area contributed by atoms with Gasteiger partial charge in [-0.15, -0.1) is 0 Å². The van der Waals surface area contributed by atoms with Gasteiger partial charge in [-0.1, -0.05) is 17.7 Å². The average molecular weight is 321 g/mol. The first kappa shape index (κ1) is 15.8. The second kappa shape index (κ2) is 6.03. The van der Waals surface area contributed by atoms with Gasteiger partial charge in [-0.05, 0) is 37.1 Å². The molecule has 22 heavy (non-hydrogen) atoms. The molecule has 0 atom stereocenters. The summed E-state index contributed by atoms with van der Waals surface area (Å²) in [5.74, 6) is -0.514. The number of nitrogens with zero attached hydrogens (tertiary/aromatic N) is 2. The van der Waals surface area contributed by atoms with Crippen LogP contribution in [0.25, 0.3) is 0 Å². The fourth-order valence-electron chi connectivity index (χ4n) is 2.02. The summed E-state index contributed by atoms with van der Waals surface area (Å²) in [5, 5.41) is 30.8. The maximum absolute atomic E-state index is 10.8. The molecular formula is C15H13ClN2O4. The average Bonchev–Trinajstić information content (AvgIpc) is 2.43. The van der Waals surface area contributed by atoms with Gasteiger partial charge in [0.05, 0.1) is 4.92 Å². The van der Waals surface area contributed by atoms with Gasteiger partial charge < -0.3 is 10.2 Å². The number of nitro groups is 1. The Morgan fingerprint density at radius 2 is 1.86 bits per heavy atom. The van der Waals surface area contributed by atoms with Gasteiger partial charge in [0.15, 0.2) is 0 Å². The first-order chi connectivity index (χ1) is 10.3. The van der Waals surface area contributed by atoms with Crippen molar-refractivity contribution in [3.8, 4) is 11.5 Å². The quantitative estimate of drug-likeness (QED) is 0.507. The van der Waals surface area contributed by atoms with Crippen LogP contribution in [-0.4, -0.2) is 21.4 Å². The number of nitro benzene ring substituents is 1. The van der Waals surface area contributed by atoms with Crippen LogP contribution in [-0.2, 0) is 0 Å². The molecule has 0 spiro atoms. The summed E-state index contributed by atoms with van der Waals surface area (Å²) in [4.78, 5) is 14.2. The Hall–Kier alpha value is -2.60. The summed E-state index contributed by atoms with van der Waals surface area (Å²) in [5.41, 5.74) is 1.47. The molecule has 0 unspecified atom stereocenters. The lowest BCUT2D eigenvalue weighted by molar-refractivity contribution is -0.385. The molecule has 7 heteroatoms. The van der Waals surface area contributed by atoms with E-state index in [4.69, 9.17) is 11.6 Å². The van der Waals surface area contributed by atoms with E-state index in [1.54, 1.807) is 19.1 Å². The molecule has 2 rings (SSSR count). The summed E-state index contributed by atoms with van der Waals surface area (Å²) < 4.78 is 0. The van der Waals surface area contributed by atoms with Crippen LogP contribution in [0.15, 0.2) is 29.3 Å². The highest BCUT2D eigenvalue weighted by Crippen LogP contribution is 2.34. The first-order valence-corrected chi connectivity index (χ1v) is 6.68. The zero-order chi connectivity index (χ0) is 16.4. The van der Waals surface area contributed by atoms with E-state index >= 15 is 0 Å². The molecule has 6 nitrogen and oxygen atoms in total. The summed E-state index contributed by atoms with van der Waals surface area (Å²) in [6, 6.07) is 5.88. The number of rotatable bonds is 3. The second-order valence-corrected chi connectivity index (χ2v) is 5.26. The van der Waals surface area contributed by atoms with Gasteiger partial charge in [0.2, 0.25) is 5.75 Å². The molecule has 0 bridgehead atoms. The summed E-state index contributed by atoms with van der Waals surface area (Å²) in [6.45, 7) is 3.59. The predicted molar refractivity (Wildman–Crippen MR) is 84.6 cm³/mol. The Balaban J connectivity index is 2.49. The Labute approximate surface area is 131 Å². The standard InChI is InChI=1S/C15H13ClN2O4/c1-8-3-9(2)14(19)12(4-8)17-7-10-5-11(16)6-13(15(10)20)18(21)22/h3-7,19-20H,1-2H3. The van der Waals surface area contributed by atoms with Crippen molar-refractivity contribution in [1.82, 2.24) is 0 Å². The van der Waals surface area contributed by atoms with Crippen LogP contribution in [0, 0.1) is 24.0 Å². The Bertz CT molecular complexity index is 788. The second-order valence-electron chi connectivity index (χ2n) is 4.83. The largest absolute Gasteiger partial charge is 0.505 e. The third-order valence-electron chi connectivity index (χ3n) is 3.05. The van der Waals surface area contributed by atoms with Crippen molar-refractivity contribution in [1.29, 1.82) is 0 Å². The predicted octanol–water partition coefficient (Wildman–Crippen LogP) is 4.03. The minimum absolute atomic E-state index is 0.0119. The number of phenols is 2. The molecule has 2 N–H and O–H groups in total. The lowest BCUT2D eigenvalue weighted by Gasteiger charge is -2.05. The van der Waals surface area contributed by atoms with E-state index in [0.717, 1.165) is 11.6 Å². The maximum atomic E-state index is 10.8. The van der Waals surface area contributed by atoms with Crippen molar-refractivity contribution in [3.05, 3.63) is 56.1 Å². The maximum Gasteiger partial charge on any atom is 0.312 e. The van der Waals surface area contributed by atoms with E-state index in [-0.39, 0.29) is 16.3 Å². The highest BCUT2D eigenvalue weighted by molar-refractivity contribution is 6.31. The van der Waals surface area contributed by atoms with Crippen molar-refractivity contribution in [3.63, 3.8) is 0 Å². The van der Waals surface area contributed by atoms with Crippen LogP contribution in [0.4, 0.5) is 11.4 Å². The third kappa shape index (κ3) is 3.17. The number of halogens is 1. The van der Waals surface area contributed by atoms with E-state index in [1.807, 2.05) is 6.92 Å². The van der Waals surface area contributed by atoms with Crippen molar-refractivity contribution >= 4 is 29.2 Å². The van der Waals surface area contributed by atoms with Crippen molar-refractivity contribution in [2.75, 3.05) is 0 Å². The molecule has 2 aromatic rings. The summed E-state index contributed by atoms with van der Waals surface area (Å²) in [6.07, 6.45) is 1.22. The van der Waals surface area contributed by atoms with Crippen LogP contribution in [0.1, 0.15) is 16.7 Å². The van der Waals surface area contributed by atoms with Crippen molar-refractivity contribution in [2.45, 2.75) is 13.8 Å². The van der Waals surface area contributed by atoms with E-state index in [1.165, 1.54) is 12.3 Å². The number of phenolic OH excluding ortho intramolecular Hbond substituents is 2. The highest BCUT2D eigenvalue weighted by atomic mass is 35.5. The van der Waals surface area contributed by atoms with Crippen LogP contribution in [0.2, 0.25) is 5.02 Å². The van der Waals surface area contributed by atoms with Gasteiger partial charge >= 0.3 is 5.69 Å². The molecule has 2 aromatic carbocycles. The van der Waals surface area contributed by atoms with Crippen LogP contribution >= 0.6 is 11.6 Å². The molecule has 0 aliphatic carbocycles. The fourth-order valence-corrected chi connectivity index (χ4v) is 2.24. The van der Waals surface area contributed by atoms with Crippen LogP contribution in [0.3, 0.4) is 0 Å². The van der Waals surface area contributed by atoms with Crippen molar-refractivity contribution < 1.29 is 15.1 Å². The Morgan fingerprint density at radius 1 is 1.18 bits per heavy atom. The summed E-state index contributed by atoms with van der Waals surface area (Å²) >= 11 is 5.80. The van der Waals surface area contributed by atoms with Gasteiger partial charge in [0.1, 0.15) is 11.4 Å². The molecule has 114 valence electrons. The van der Waals surface area contributed by atoms with Crippen LogP contribution < -0.4 is 0 Å². The molecule has 0 aromatic heterocycles. The number of hydrogen-bond acceptors (Lipinski definition) is 5. The number of benzene rings is 2. The smallest absolute Gasteiger partial charge is 0.312 e. The normalized spacial score (nSPS) is 11.0. The van der Waals surface area contributed by atoms with Gasteiger partial charge in [-0.3, -0.25) is 15.1 Å². The molecule has 0 heterocycles. The molecule has 0 aliphatic heterocycles. The van der Waals surface area contributed by atoms with Crippen LogP contribution in [0.5, 0.6) is 11.5 Å². The van der Waals surface area contributed by atoms with E-state index < -0.39 is 16.4 Å². The molecule has 0 fully saturated rings. The Kier molecular flexibility index (Phi) is 4.32. The molecule has 0 saturated carbocycles. The van der Waals surface area contributed by atoms with Gasteiger partial charge in [-0.25, -0.2) is 0 Å². The van der Waals surface area contributed by atoms with Gasteiger partial charge in [0, 0.05) is 22.9 Å². The molecule has 0 aliphatic rings. The highest BCUT2D eigenvalue weighted by Gasteiger charge is 2.17. The zero-order valence-electron chi connectivity index (χ0n) is 11.9. The Morgan fingerprint density at radius 3 is 2.50 bits per heavy atom. The molecule has 0 amide bonds. The number of aryl methyl sites for hydroxylation is 2. The lowest BCUT2D eigenvalue weighted by atomic mass is 10.1. The monoisotopic (exact) mass is 320 g/mol. The SMILES string of the molecule is Cc1cc(C)c(O)c(N=Cc2cc(Cl)cc([N+](=O)[O-])c2O)c1. The topological polar surface area (TPSA) is 96.0 Å². The van der Waals surface area contributed by atoms with E-state index in [2.05, 4.69) is 4.99 Å². The zero-order valence-corrected chi connectivity index (χ0v) is 12.6. The van der Waals surface area contributed by atoms with Gasteiger partial charge in [0.25, 0.3) is 0 Å². The minimum Gasteiger partial charge on any atom is -0.505 e. The number of hydrogen-bond donors (Lipinski definition) is 2.